The summed E-state index contributed by atoms with van der Waals surface area (Å²) in [5.74, 6) is 0. The molecule has 0 amide bonds. The topological polar surface area (TPSA) is 44.8 Å². The van der Waals surface area contributed by atoms with Crippen molar-refractivity contribution in [1.29, 1.82) is 0 Å². The molecule has 0 radical (unpaired) electrons. The Labute approximate surface area is 202 Å². The quantitative estimate of drug-likeness (QED) is 0.0984. The van der Waals surface area contributed by atoms with Crippen LogP contribution in [0.2, 0.25) is 0 Å². The van der Waals surface area contributed by atoms with E-state index in [1.54, 1.807) is 0 Å². The van der Waals surface area contributed by atoms with Crippen LogP contribution < -0.4 is 0 Å². The van der Waals surface area contributed by atoms with Gasteiger partial charge in [-0.2, -0.15) is 0 Å². The Morgan fingerprint density at radius 2 is 0.812 bits per heavy atom. The SMILES string of the molecule is CCCCCP(CCCCC)(CCCCC)(CCCCC)OP(=O)(OCCC)OCCC. The van der Waals surface area contributed by atoms with E-state index in [4.69, 9.17) is 13.4 Å². The molecule has 0 saturated carbocycles. The van der Waals surface area contributed by atoms with Gasteiger partial charge in [-0.15, -0.1) is 0 Å². The normalized spacial score (nSPS) is 13.9. The van der Waals surface area contributed by atoms with E-state index in [1.807, 2.05) is 0 Å². The molecule has 32 heavy (non-hydrogen) atoms. The Kier molecular flexibility index (Phi) is 19.1. The molecule has 4 nitrogen and oxygen atoms in total. The van der Waals surface area contributed by atoms with E-state index in [-0.39, 0.29) is 0 Å². The molecule has 0 heterocycles. The van der Waals surface area contributed by atoms with E-state index < -0.39 is 14.7 Å². The molecule has 0 fully saturated rings. The van der Waals surface area contributed by atoms with Gasteiger partial charge in [0.25, 0.3) is 0 Å². The first-order valence-electron chi connectivity index (χ1n) is 14.0. The zero-order valence-electron chi connectivity index (χ0n) is 22.7. The van der Waals surface area contributed by atoms with Crippen LogP contribution in [0, 0.1) is 0 Å². The Balaban J connectivity index is 6.30. The molecule has 0 aromatic rings. The summed E-state index contributed by atoms with van der Waals surface area (Å²) < 4.78 is 33.0. The van der Waals surface area contributed by atoms with Crippen LogP contribution in [-0.2, 0) is 17.9 Å². The van der Waals surface area contributed by atoms with Crippen molar-refractivity contribution in [1.82, 2.24) is 0 Å². The van der Waals surface area contributed by atoms with Crippen LogP contribution in [0.1, 0.15) is 131 Å². The maximum absolute atomic E-state index is 14.0. The molecule has 0 rings (SSSR count). The third-order valence-corrected chi connectivity index (χ3v) is 16.0. The molecule has 0 aliphatic carbocycles. The molecule has 0 aliphatic rings. The fraction of sp³-hybridized carbons (Fsp3) is 1.00. The summed E-state index contributed by atoms with van der Waals surface area (Å²) in [6.45, 7) is 11.3. The summed E-state index contributed by atoms with van der Waals surface area (Å²) in [6.07, 6.45) is 20.3. The number of hydrogen-bond acceptors (Lipinski definition) is 4. The molecule has 0 aliphatic heterocycles. The maximum atomic E-state index is 14.0. The van der Waals surface area contributed by atoms with Crippen molar-refractivity contribution in [3.05, 3.63) is 0 Å². The molecule has 196 valence electrons. The van der Waals surface area contributed by atoms with Gasteiger partial charge in [-0.1, -0.05) is 0 Å². The molecule has 0 saturated heterocycles. The molecular weight excluding hydrogens is 438 g/mol. The summed E-state index contributed by atoms with van der Waals surface area (Å²) >= 11 is 0. The zero-order chi connectivity index (χ0) is 24.2. The summed E-state index contributed by atoms with van der Waals surface area (Å²) in [7, 11) is -3.58. The van der Waals surface area contributed by atoms with Crippen molar-refractivity contribution < 1.29 is 17.9 Å². The molecule has 6 heteroatoms. The Morgan fingerprint density at radius 3 is 1.06 bits per heavy atom. The van der Waals surface area contributed by atoms with Crippen LogP contribution in [-0.4, -0.2) is 37.9 Å². The van der Waals surface area contributed by atoms with Crippen LogP contribution in [0.15, 0.2) is 0 Å². The zero-order valence-corrected chi connectivity index (χ0v) is 24.5. The fourth-order valence-electron chi connectivity index (χ4n) is 4.65. The first-order chi connectivity index (χ1) is 15.4. The molecule has 0 N–H and O–H groups in total. The van der Waals surface area contributed by atoms with Crippen molar-refractivity contribution in [3.63, 3.8) is 0 Å². The molecular formula is C26H58O4P2. The number of rotatable bonds is 24. The molecule has 0 atom stereocenters. The second-order valence-corrected chi connectivity index (χ2v) is 17.3. The minimum absolute atomic E-state index is 0.432. The monoisotopic (exact) mass is 496 g/mol. The van der Waals surface area contributed by atoms with Gasteiger partial charge in [0.15, 0.2) is 0 Å². The average Bonchev–Trinajstić information content (AvgIpc) is 2.77. The fourth-order valence-corrected chi connectivity index (χ4v) is 14.9. The van der Waals surface area contributed by atoms with Crippen molar-refractivity contribution in [2.75, 3.05) is 37.9 Å². The molecule has 0 unspecified atom stereocenters. The minimum atomic E-state index is -3.58. The predicted molar refractivity (Wildman–Crippen MR) is 146 cm³/mol. The third-order valence-electron chi connectivity index (χ3n) is 6.55. The van der Waals surface area contributed by atoms with Crippen LogP contribution in [0.4, 0.5) is 0 Å². The van der Waals surface area contributed by atoms with E-state index in [9.17, 15) is 4.57 Å². The Bertz CT molecular complexity index is 421. The molecule has 0 bridgehead atoms. The van der Waals surface area contributed by atoms with E-state index in [2.05, 4.69) is 41.5 Å². The number of phosphoric acid groups is 1. The Morgan fingerprint density at radius 1 is 0.500 bits per heavy atom. The standard InChI is InChI=1S/C26H58O4P2/c1-7-13-17-23-32(24-18-14-8-2,25-19-15-9-3,26-20-16-10-4)30-31(27,28-21-11-5)29-22-12-6/h7-26H2,1-6H3. The summed E-state index contributed by atoms with van der Waals surface area (Å²) in [5, 5.41) is 0. The van der Waals surface area contributed by atoms with Gasteiger partial charge in [0.1, 0.15) is 0 Å². The van der Waals surface area contributed by atoms with Crippen LogP contribution >= 0.6 is 14.7 Å². The van der Waals surface area contributed by atoms with Gasteiger partial charge in [-0.3, -0.25) is 0 Å². The van der Waals surface area contributed by atoms with E-state index in [0.717, 1.165) is 37.5 Å². The number of unbranched alkanes of at least 4 members (excludes halogenated alkanes) is 8. The van der Waals surface area contributed by atoms with Gasteiger partial charge in [-0.25, -0.2) is 0 Å². The number of hydrogen-bond donors (Lipinski definition) is 0. The van der Waals surface area contributed by atoms with Crippen LogP contribution in [0.25, 0.3) is 0 Å². The number of phosphoric ester groups is 1. The van der Waals surface area contributed by atoms with Gasteiger partial charge in [0.05, 0.1) is 0 Å². The average molecular weight is 497 g/mol. The van der Waals surface area contributed by atoms with Gasteiger partial charge in [-0.05, 0) is 0 Å². The first kappa shape index (κ1) is 32.5. The van der Waals surface area contributed by atoms with Crippen molar-refractivity contribution >= 4 is 14.7 Å². The summed E-state index contributed by atoms with van der Waals surface area (Å²) in [4.78, 5) is 0. The second kappa shape index (κ2) is 18.8. The van der Waals surface area contributed by atoms with Gasteiger partial charge in [0, 0.05) is 0 Å². The van der Waals surface area contributed by atoms with Gasteiger partial charge < -0.3 is 0 Å². The summed E-state index contributed by atoms with van der Waals surface area (Å²) in [5.41, 5.74) is 0. The third kappa shape index (κ3) is 12.9. The van der Waals surface area contributed by atoms with Crippen molar-refractivity contribution in [2.45, 2.75) is 131 Å². The van der Waals surface area contributed by atoms with E-state index in [0.29, 0.717) is 13.2 Å². The van der Waals surface area contributed by atoms with Crippen LogP contribution in [0.5, 0.6) is 0 Å². The van der Waals surface area contributed by atoms with Crippen LogP contribution in [0.3, 0.4) is 0 Å². The first-order valence-corrected chi connectivity index (χ1v) is 18.4. The van der Waals surface area contributed by atoms with Crippen molar-refractivity contribution in [2.24, 2.45) is 0 Å². The summed E-state index contributed by atoms with van der Waals surface area (Å²) in [6, 6.07) is 0. The van der Waals surface area contributed by atoms with E-state index in [1.165, 1.54) is 77.0 Å². The van der Waals surface area contributed by atoms with Crippen molar-refractivity contribution in [3.8, 4) is 0 Å². The predicted octanol–water partition coefficient (Wildman–Crippen LogP) is 10.2. The molecule has 0 aromatic heterocycles. The Hall–Kier alpha value is 0.540. The second-order valence-electron chi connectivity index (χ2n) is 9.78. The van der Waals surface area contributed by atoms with Gasteiger partial charge in [0.2, 0.25) is 0 Å². The van der Waals surface area contributed by atoms with Gasteiger partial charge >= 0.3 is 202 Å². The van der Waals surface area contributed by atoms with E-state index >= 15 is 0 Å². The molecule has 0 spiro atoms. The molecule has 0 aromatic carbocycles.